The van der Waals surface area contributed by atoms with Gasteiger partial charge in [0.05, 0.1) is 0 Å². The van der Waals surface area contributed by atoms with Gasteiger partial charge < -0.3 is 9.88 Å². The molecule has 1 aromatic heterocycles. The van der Waals surface area contributed by atoms with Gasteiger partial charge in [0.25, 0.3) is 0 Å². The molecule has 138 valence electrons. The van der Waals surface area contributed by atoms with Crippen molar-refractivity contribution in [3.05, 3.63) is 102 Å². The number of aromatic nitrogens is 1. The summed E-state index contributed by atoms with van der Waals surface area (Å²) in [7, 11) is 0. The third-order valence-electron chi connectivity index (χ3n) is 4.80. The van der Waals surface area contributed by atoms with Crippen LogP contribution < -0.4 is 5.32 Å². The lowest BCUT2D eigenvalue weighted by Gasteiger charge is -2.09. The number of amides is 1. The lowest BCUT2D eigenvalue weighted by atomic mass is 10.0. The summed E-state index contributed by atoms with van der Waals surface area (Å²) in [6, 6.07) is 24.5. The molecule has 0 aliphatic heterocycles. The van der Waals surface area contributed by atoms with Crippen LogP contribution in [0.2, 0.25) is 0 Å². The van der Waals surface area contributed by atoms with E-state index < -0.39 is 0 Å². The molecule has 0 fully saturated rings. The van der Waals surface area contributed by atoms with Crippen molar-refractivity contribution in [2.24, 2.45) is 0 Å². The van der Waals surface area contributed by atoms with Gasteiger partial charge in [-0.2, -0.15) is 0 Å². The third-order valence-corrected chi connectivity index (χ3v) is 4.80. The van der Waals surface area contributed by atoms with E-state index in [1.54, 1.807) is 18.3 Å². The summed E-state index contributed by atoms with van der Waals surface area (Å²) in [6.45, 7) is 2.09. The van der Waals surface area contributed by atoms with Crippen molar-refractivity contribution < 1.29 is 9.59 Å². The van der Waals surface area contributed by atoms with Crippen LogP contribution in [0, 0.1) is 6.92 Å². The maximum Gasteiger partial charge on any atom is 0.244 e. The zero-order valence-corrected chi connectivity index (χ0v) is 15.6. The smallest absolute Gasteiger partial charge is 0.244 e. The van der Waals surface area contributed by atoms with Crippen LogP contribution >= 0.6 is 0 Å². The monoisotopic (exact) mass is 368 g/mol. The van der Waals surface area contributed by atoms with Gasteiger partial charge in [0.1, 0.15) is 6.54 Å². The van der Waals surface area contributed by atoms with E-state index in [0.29, 0.717) is 11.1 Å². The quantitative estimate of drug-likeness (QED) is 0.514. The number of aryl methyl sites for hydroxylation is 1. The number of fused-ring (bicyclic) bond motifs is 1. The highest BCUT2D eigenvalue weighted by atomic mass is 16.2. The fourth-order valence-corrected chi connectivity index (χ4v) is 3.36. The molecule has 3 aromatic carbocycles. The molecule has 4 heteroatoms. The molecular formula is C24H20N2O2. The highest BCUT2D eigenvalue weighted by Crippen LogP contribution is 2.24. The van der Waals surface area contributed by atoms with Crippen LogP contribution in [0.15, 0.2) is 85.1 Å². The Morgan fingerprint density at radius 3 is 2.32 bits per heavy atom. The second kappa shape index (κ2) is 7.53. The summed E-state index contributed by atoms with van der Waals surface area (Å²) >= 11 is 0. The van der Waals surface area contributed by atoms with E-state index in [2.05, 4.69) is 5.32 Å². The van der Waals surface area contributed by atoms with E-state index in [9.17, 15) is 9.59 Å². The van der Waals surface area contributed by atoms with Crippen molar-refractivity contribution in [1.29, 1.82) is 0 Å². The second-order valence-electron chi connectivity index (χ2n) is 6.75. The van der Waals surface area contributed by atoms with Gasteiger partial charge in [-0.25, -0.2) is 0 Å². The van der Waals surface area contributed by atoms with Gasteiger partial charge in [-0.1, -0.05) is 66.7 Å². The van der Waals surface area contributed by atoms with Crippen LogP contribution in [-0.2, 0) is 11.3 Å². The van der Waals surface area contributed by atoms with E-state index in [0.717, 1.165) is 22.2 Å². The molecule has 4 aromatic rings. The molecule has 0 radical (unpaired) electrons. The number of nitrogens with zero attached hydrogens (tertiary/aromatic N) is 1. The molecule has 0 saturated heterocycles. The van der Waals surface area contributed by atoms with Crippen molar-refractivity contribution in [1.82, 2.24) is 4.57 Å². The zero-order valence-electron chi connectivity index (χ0n) is 15.6. The summed E-state index contributed by atoms with van der Waals surface area (Å²) in [5.74, 6) is -0.177. The fourth-order valence-electron chi connectivity index (χ4n) is 3.36. The van der Waals surface area contributed by atoms with Gasteiger partial charge in [0.2, 0.25) is 5.91 Å². The average Bonchev–Trinajstić information content (AvgIpc) is 3.08. The minimum Gasteiger partial charge on any atom is -0.337 e. The number of nitrogens with one attached hydrogen (secondary N) is 1. The first kappa shape index (κ1) is 17.7. The minimum absolute atomic E-state index is 0.0464. The Bertz CT molecular complexity index is 1160. The molecule has 1 N–H and O–H groups in total. The van der Waals surface area contributed by atoms with Crippen LogP contribution in [0.4, 0.5) is 5.69 Å². The number of hydrogen-bond acceptors (Lipinski definition) is 2. The Labute approximate surface area is 163 Å². The largest absolute Gasteiger partial charge is 0.337 e. The van der Waals surface area contributed by atoms with Crippen molar-refractivity contribution in [3.8, 4) is 0 Å². The van der Waals surface area contributed by atoms with Crippen LogP contribution in [0.3, 0.4) is 0 Å². The Hall–Kier alpha value is -3.66. The van der Waals surface area contributed by atoms with Crippen LogP contribution in [0.25, 0.3) is 10.9 Å². The van der Waals surface area contributed by atoms with Crippen LogP contribution in [0.1, 0.15) is 21.5 Å². The highest BCUT2D eigenvalue weighted by molar-refractivity contribution is 6.16. The summed E-state index contributed by atoms with van der Waals surface area (Å²) in [6.07, 6.45) is 1.78. The fraction of sp³-hybridized carbons (Fsp3) is 0.0833. The van der Waals surface area contributed by atoms with Crippen LogP contribution in [-0.4, -0.2) is 16.3 Å². The van der Waals surface area contributed by atoms with E-state index >= 15 is 0 Å². The predicted molar refractivity (Wildman–Crippen MR) is 112 cm³/mol. The summed E-state index contributed by atoms with van der Waals surface area (Å²) in [4.78, 5) is 25.6. The third kappa shape index (κ3) is 3.45. The zero-order chi connectivity index (χ0) is 19.5. The molecule has 28 heavy (non-hydrogen) atoms. The Kier molecular flexibility index (Phi) is 4.77. The molecule has 0 unspecified atom stereocenters. The molecule has 1 heterocycles. The lowest BCUT2D eigenvalue weighted by Crippen LogP contribution is -2.18. The molecule has 0 saturated carbocycles. The van der Waals surface area contributed by atoms with Gasteiger partial charge in [-0.3, -0.25) is 9.59 Å². The van der Waals surface area contributed by atoms with Crippen molar-refractivity contribution in [2.75, 3.05) is 5.32 Å². The Morgan fingerprint density at radius 2 is 1.54 bits per heavy atom. The summed E-state index contributed by atoms with van der Waals surface area (Å²) in [5.41, 5.74) is 3.90. The number of anilines is 1. The van der Waals surface area contributed by atoms with Gasteiger partial charge in [-0.15, -0.1) is 0 Å². The number of ketones is 1. The molecular weight excluding hydrogens is 348 g/mol. The first-order valence-corrected chi connectivity index (χ1v) is 9.16. The van der Waals surface area contributed by atoms with Gasteiger partial charge in [0, 0.05) is 33.9 Å². The predicted octanol–water partition coefficient (Wildman–Crippen LogP) is 4.82. The maximum absolute atomic E-state index is 13.0. The molecule has 4 rings (SSSR count). The van der Waals surface area contributed by atoms with Crippen LogP contribution in [0.5, 0.6) is 0 Å². The normalized spacial score (nSPS) is 10.8. The summed E-state index contributed by atoms with van der Waals surface area (Å²) < 4.78 is 1.83. The number of hydrogen-bond donors (Lipinski definition) is 1. The summed E-state index contributed by atoms with van der Waals surface area (Å²) in [5, 5.41) is 3.80. The van der Waals surface area contributed by atoms with E-state index in [1.807, 2.05) is 78.2 Å². The molecule has 0 aliphatic carbocycles. The average molecular weight is 368 g/mol. The van der Waals surface area contributed by atoms with Crippen molar-refractivity contribution >= 4 is 28.3 Å². The number of rotatable bonds is 5. The van der Waals surface area contributed by atoms with E-state index in [4.69, 9.17) is 0 Å². The first-order chi connectivity index (χ1) is 13.6. The number of benzene rings is 3. The maximum atomic E-state index is 13.0. The topological polar surface area (TPSA) is 51.1 Å². The highest BCUT2D eigenvalue weighted by Gasteiger charge is 2.17. The molecule has 0 aliphatic rings. The second-order valence-corrected chi connectivity index (χ2v) is 6.75. The molecule has 4 nitrogen and oxygen atoms in total. The minimum atomic E-state index is -0.131. The number of para-hydroxylation sites is 2. The van der Waals surface area contributed by atoms with Crippen molar-refractivity contribution in [2.45, 2.75) is 13.5 Å². The van der Waals surface area contributed by atoms with E-state index in [-0.39, 0.29) is 18.2 Å². The lowest BCUT2D eigenvalue weighted by molar-refractivity contribution is -0.116. The Balaban J connectivity index is 1.66. The van der Waals surface area contributed by atoms with Gasteiger partial charge in [-0.05, 0) is 24.6 Å². The number of carbonyl (C=O) groups is 2. The van der Waals surface area contributed by atoms with E-state index in [1.165, 1.54) is 0 Å². The molecule has 0 atom stereocenters. The molecule has 0 bridgehead atoms. The SMILES string of the molecule is Cc1ccccc1NC(=O)Cn1cc(C(=O)c2ccccc2)c2ccccc21. The standard InChI is InChI=1S/C24H20N2O2/c1-17-9-5-7-13-21(17)25-23(27)16-26-15-20(19-12-6-8-14-22(19)26)24(28)18-10-3-2-4-11-18/h2-15H,16H2,1H3,(H,25,27). The van der Waals surface area contributed by atoms with Crippen molar-refractivity contribution in [3.63, 3.8) is 0 Å². The van der Waals surface area contributed by atoms with Gasteiger partial charge in [0.15, 0.2) is 5.78 Å². The molecule has 1 amide bonds. The number of carbonyl (C=O) groups excluding carboxylic acids is 2. The molecule has 0 spiro atoms. The Morgan fingerprint density at radius 1 is 0.857 bits per heavy atom. The van der Waals surface area contributed by atoms with Gasteiger partial charge >= 0.3 is 0 Å². The first-order valence-electron chi connectivity index (χ1n) is 9.16.